The minimum absolute atomic E-state index is 0.159. The minimum atomic E-state index is -0.159. The number of nitrogens with zero attached hydrogens (tertiary/aromatic N) is 1. The number of hydrogen-bond donors (Lipinski definition) is 0. The van der Waals surface area contributed by atoms with E-state index in [1.807, 2.05) is 45.0 Å². The van der Waals surface area contributed by atoms with Crippen molar-refractivity contribution in [3.05, 3.63) is 24.3 Å². The molecule has 1 aromatic rings. The monoisotopic (exact) mass is 263 g/mol. The molecule has 1 aromatic carbocycles. The van der Waals surface area contributed by atoms with Gasteiger partial charge in [-0.3, -0.25) is 4.90 Å². The second-order valence-corrected chi connectivity index (χ2v) is 6.43. The first-order valence-electron chi connectivity index (χ1n) is 7.06. The van der Waals surface area contributed by atoms with Gasteiger partial charge in [0.2, 0.25) is 0 Å². The van der Waals surface area contributed by atoms with E-state index in [-0.39, 0.29) is 5.60 Å². The molecule has 0 unspecified atom stereocenters. The summed E-state index contributed by atoms with van der Waals surface area (Å²) in [7, 11) is 0. The van der Waals surface area contributed by atoms with Crippen LogP contribution < -0.4 is 9.47 Å². The van der Waals surface area contributed by atoms with E-state index in [9.17, 15) is 0 Å². The molecule has 0 N–H and O–H groups in total. The summed E-state index contributed by atoms with van der Waals surface area (Å²) >= 11 is 0. The fourth-order valence-electron chi connectivity index (χ4n) is 2.27. The van der Waals surface area contributed by atoms with Gasteiger partial charge in [0.05, 0.1) is 0 Å². The summed E-state index contributed by atoms with van der Waals surface area (Å²) in [5, 5.41) is 0. The minimum Gasteiger partial charge on any atom is -0.488 e. The highest BCUT2D eigenvalue weighted by Gasteiger charge is 2.18. The van der Waals surface area contributed by atoms with Gasteiger partial charge in [0.1, 0.15) is 23.8 Å². The molecule has 1 fully saturated rings. The molecule has 0 amide bonds. The topological polar surface area (TPSA) is 21.7 Å². The standard InChI is InChI=1S/C16H25NO2/c1-13-9-10-17(11-13)12-18-14-5-7-15(8-6-14)19-16(2,3)4/h5-8,13H,9-12H2,1-4H3/t13-/m0/s1. The molecule has 0 bridgehead atoms. The lowest BCUT2D eigenvalue weighted by molar-refractivity contribution is 0.130. The molecule has 1 heterocycles. The number of rotatable bonds is 4. The lowest BCUT2D eigenvalue weighted by atomic mass is 10.2. The summed E-state index contributed by atoms with van der Waals surface area (Å²) in [6.07, 6.45) is 1.28. The van der Waals surface area contributed by atoms with Crippen LogP contribution in [-0.2, 0) is 0 Å². The molecule has 0 spiro atoms. The molecule has 1 saturated heterocycles. The van der Waals surface area contributed by atoms with Crippen molar-refractivity contribution in [2.45, 2.75) is 39.7 Å². The first-order valence-corrected chi connectivity index (χ1v) is 7.06. The predicted octanol–water partition coefficient (Wildman–Crippen LogP) is 3.54. The third-order valence-electron chi connectivity index (χ3n) is 3.17. The maximum absolute atomic E-state index is 5.79. The summed E-state index contributed by atoms with van der Waals surface area (Å²) < 4.78 is 11.6. The largest absolute Gasteiger partial charge is 0.488 e. The lowest BCUT2D eigenvalue weighted by Gasteiger charge is -2.21. The van der Waals surface area contributed by atoms with Crippen molar-refractivity contribution >= 4 is 0 Å². The van der Waals surface area contributed by atoms with E-state index in [1.54, 1.807) is 0 Å². The summed E-state index contributed by atoms with van der Waals surface area (Å²) in [4.78, 5) is 2.35. The Kier molecular flexibility index (Phi) is 4.35. The molecule has 0 saturated carbocycles. The van der Waals surface area contributed by atoms with Crippen LogP contribution >= 0.6 is 0 Å². The molecule has 3 heteroatoms. The molecule has 0 radical (unpaired) electrons. The Morgan fingerprint density at radius 3 is 2.32 bits per heavy atom. The van der Waals surface area contributed by atoms with Crippen molar-refractivity contribution in [1.82, 2.24) is 4.90 Å². The Bertz CT molecular complexity index is 394. The second kappa shape index (κ2) is 5.83. The molecule has 2 rings (SSSR count). The molecule has 1 atom stereocenters. The van der Waals surface area contributed by atoms with Crippen molar-refractivity contribution in [2.24, 2.45) is 5.92 Å². The van der Waals surface area contributed by atoms with Gasteiger partial charge in [-0.15, -0.1) is 0 Å². The van der Waals surface area contributed by atoms with Crippen molar-refractivity contribution in [2.75, 3.05) is 19.8 Å². The number of likely N-dealkylation sites (tertiary alicyclic amines) is 1. The zero-order chi connectivity index (χ0) is 13.9. The van der Waals surface area contributed by atoms with E-state index in [0.29, 0.717) is 6.73 Å². The van der Waals surface area contributed by atoms with Gasteiger partial charge in [0.15, 0.2) is 0 Å². The van der Waals surface area contributed by atoms with Crippen molar-refractivity contribution in [3.63, 3.8) is 0 Å². The average molecular weight is 263 g/mol. The van der Waals surface area contributed by atoms with Crippen LogP contribution in [0.15, 0.2) is 24.3 Å². The zero-order valence-corrected chi connectivity index (χ0v) is 12.5. The molecule has 1 aliphatic rings. The summed E-state index contributed by atoms with van der Waals surface area (Å²) in [5.41, 5.74) is -0.159. The molecule has 0 aromatic heterocycles. The van der Waals surface area contributed by atoms with E-state index < -0.39 is 0 Å². The highest BCUT2D eigenvalue weighted by molar-refractivity contribution is 5.31. The summed E-state index contributed by atoms with van der Waals surface area (Å²) in [5.74, 6) is 2.58. The van der Waals surface area contributed by atoms with Crippen LogP contribution in [-0.4, -0.2) is 30.3 Å². The number of hydrogen-bond acceptors (Lipinski definition) is 3. The first-order chi connectivity index (χ1) is 8.92. The highest BCUT2D eigenvalue weighted by Crippen LogP contribution is 2.22. The molecule has 3 nitrogen and oxygen atoms in total. The third kappa shape index (κ3) is 4.75. The lowest BCUT2D eigenvalue weighted by Crippen LogP contribution is -2.25. The summed E-state index contributed by atoms with van der Waals surface area (Å²) in [6.45, 7) is 11.4. The molecule has 19 heavy (non-hydrogen) atoms. The quantitative estimate of drug-likeness (QED) is 0.829. The van der Waals surface area contributed by atoms with Crippen LogP contribution in [0.3, 0.4) is 0 Å². The Hall–Kier alpha value is -1.22. The highest BCUT2D eigenvalue weighted by atomic mass is 16.5. The van der Waals surface area contributed by atoms with Gasteiger partial charge in [0, 0.05) is 13.1 Å². The fourth-order valence-corrected chi connectivity index (χ4v) is 2.27. The molecular formula is C16H25NO2. The van der Waals surface area contributed by atoms with Crippen LogP contribution in [0, 0.1) is 5.92 Å². The van der Waals surface area contributed by atoms with E-state index in [4.69, 9.17) is 9.47 Å². The van der Waals surface area contributed by atoms with Gasteiger partial charge >= 0.3 is 0 Å². The van der Waals surface area contributed by atoms with Crippen LogP contribution in [0.25, 0.3) is 0 Å². The smallest absolute Gasteiger partial charge is 0.142 e. The van der Waals surface area contributed by atoms with Crippen LogP contribution in [0.4, 0.5) is 0 Å². The SMILES string of the molecule is C[C@H]1CCN(COc2ccc(OC(C)(C)C)cc2)C1. The van der Waals surface area contributed by atoms with Gasteiger partial charge in [0.25, 0.3) is 0 Å². The van der Waals surface area contributed by atoms with Crippen molar-refractivity contribution < 1.29 is 9.47 Å². The maximum atomic E-state index is 5.79. The van der Waals surface area contributed by atoms with Crippen LogP contribution in [0.1, 0.15) is 34.1 Å². The van der Waals surface area contributed by atoms with E-state index >= 15 is 0 Å². The average Bonchev–Trinajstić information content (AvgIpc) is 2.72. The van der Waals surface area contributed by atoms with Gasteiger partial charge < -0.3 is 9.47 Å². The van der Waals surface area contributed by atoms with E-state index in [1.165, 1.54) is 6.42 Å². The predicted molar refractivity (Wildman–Crippen MR) is 77.7 cm³/mol. The van der Waals surface area contributed by atoms with E-state index in [0.717, 1.165) is 30.5 Å². The van der Waals surface area contributed by atoms with Gasteiger partial charge in [-0.1, -0.05) is 6.92 Å². The number of ether oxygens (including phenoxy) is 2. The Labute approximate surface area is 116 Å². The van der Waals surface area contributed by atoms with Gasteiger partial charge in [-0.05, 0) is 57.4 Å². The Morgan fingerprint density at radius 1 is 1.16 bits per heavy atom. The Morgan fingerprint density at radius 2 is 1.79 bits per heavy atom. The number of benzene rings is 1. The van der Waals surface area contributed by atoms with Gasteiger partial charge in [-0.25, -0.2) is 0 Å². The molecule has 1 aliphatic heterocycles. The third-order valence-corrected chi connectivity index (χ3v) is 3.17. The van der Waals surface area contributed by atoms with Gasteiger partial charge in [-0.2, -0.15) is 0 Å². The zero-order valence-electron chi connectivity index (χ0n) is 12.5. The van der Waals surface area contributed by atoms with Crippen molar-refractivity contribution in [1.29, 1.82) is 0 Å². The molecule has 106 valence electrons. The van der Waals surface area contributed by atoms with Crippen LogP contribution in [0.2, 0.25) is 0 Å². The van der Waals surface area contributed by atoms with Crippen LogP contribution in [0.5, 0.6) is 11.5 Å². The van der Waals surface area contributed by atoms with Crippen molar-refractivity contribution in [3.8, 4) is 11.5 Å². The maximum Gasteiger partial charge on any atom is 0.142 e. The molecule has 0 aliphatic carbocycles. The summed E-state index contributed by atoms with van der Waals surface area (Å²) in [6, 6.07) is 7.88. The Balaban J connectivity index is 1.82. The normalized spacial score (nSPS) is 20.5. The fraction of sp³-hybridized carbons (Fsp3) is 0.625. The molecular weight excluding hydrogens is 238 g/mol. The first kappa shape index (κ1) is 14.2. The van der Waals surface area contributed by atoms with E-state index in [2.05, 4.69) is 11.8 Å². The second-order valence-electron chi connectivity index (χ2n) is 6.43.